The van der Waals surface area contributed by atoms with Crippen molar-refractivity contribution < 1.29 is 14.7 Å². The van der Waals surface area contributed by atoms with Crippen molar-refractivity contribution in [1.29, 1.82) is 0 Å². The predicted octanol–water partition coefficient (Wildman–Crippen LogP) is 0.794. The molecule has 3 N–H and O–H groups in total. The topological polar surface area (TPSA) is 80.4 Å². The summed E-state index contributed by atoms with van der Waals surface area (Å²) in [4.78, 5) is 21.7. The molecule has 0 aromatic heterocycles. The number of rotatable bonds is 4. The zero-order chi connectivity index (χ0) is 10.6. The number of ketones is 1. The third-order valence-electron chi connectivity index (χ3n) is 1.75. The first-order chi connectivity index (χ1) is 5.75. The summed E-state index contributed by atoms with van der Waals surface area (Å²) in [7, 11) is 0. The van der Waals surface area contributed by atoms with Crippen LogP contribution in [0.3, 0.4) is 0 Å². The summed E-state index contributed by atoms with van der Waals surface area (Å²) < 4.78 is 0. The molecule has 0 aromatic rings. The fourth-order valence-electron chi connectivity index (χ4n) is 0.966. The molecule has 0 fully saturated rings. The fourth-order valence-corrected chi connectivity index (χ4v) is 0.966. The third-order valence-corrected chi connectivity index (χ3v) is 1.75. The monoisotopic (exact) mass is 187 g/mol. The lowest BCUT2D eigenvalue weighted by Crippen LogP contribution is -2.39. The zero-order valence-electron chi connectivity index (χ0n) is 8.33. The van der Waals surface area contributed by atoms with Crippen molar-refractivity contribution in [3.8, 4) is 0 Å². The van der Waals surface area contributed by atoms with Gasteiger partial charge >= 0.3 is 5.97 Å². The van der Waals surface area contributed by atoms with Crippen LogP contribution in [0.25, 0.3) is 0 Å². The number of hydrogen-bond donors (Lipinski definition) is 2. The maximum absolute atomic E-state index is 11.5. The third kappa shape index (κ3) is 4.62. The molecule has 0 saturated heterocycles. The molecular formula is C9H17NO3. The van der Waals surface area contributed by atoms with E-state index in [-0.39, 0.29) is 18.6 Å². The smallest absolute Gasteiger partial charge is 0.303 e. The number of carbonyl (C=O) groups is 2. The molecule has 0 aliphatic heterocycles. The molecule has 0 aliphatic carbocycles. The molecule has 0 radical (unpaired) electrons. The van der Waals surface area contributed by atoms with Crippen LogP contribution in [0.4, 0.5) is 0 Å². The van der Waals surface area contributed by atoms with Crippen molar-refractivity contribution in [3.63, 3.8) is 0 Å². The van der Waals surface area contributed by atoms with Crippen molar-refractivity contribution in [2.45, 2.75) is 39.7 Å². The van der Waals surface area contributed by atoms with E-state index in [1.165, 1.54) is 0 Å². The van der Waals surface area contributed by atoms with E-state index in [1.54, 1.807) is 20.8 Å². The molecule has 0 aromatic carbocycles. The van der Waals surface area contributed by atoms with Crippen LogP contribution in [0.2, 0.25) is 0 Å². The van der Waals surface area contributed by atoms with E-state index in [0.717, 1.165) is 0 Å². The molecule has 0 saturated carbocycles. The van der Waals surface area contributed by atoms with Gasteiger partial charge in [-0.05, 0) is 6.42 Å². The van der Waals surface area contributed by atoms with Gasteiger partial charge in [-0.2, -0.15) is 0 Å². The molecule has 1 unspecified atom stereocenters. The van der Waals surface area contributed by atoms with Gasteiger partial charge in [-0.3, -0.25) is 9.59 Å². The first-order valence-electron chi connectivity index (χ1n) is 4.27. The summed E-state index contributed by atoms with van der Waals surface area (Å²) in [6.45, 7) is 5.32. The number of aliphatic carboxylic acids is 1. The van der Waals surface area contributed by atoms with E-state index in [4.69, 9.17) is 10.8 Å². The summed E-state index contributed by atoms with van der Waals surface area (Å²) in [5.41, 5.74) is 5.05. The van der Waals surface area contributed by atoms with Crippen LogP contribution in [-0.2, 0) is 9.59 Å². The zero-order valence-corrected chi connectivity index (χ0v) is 8.33. The Labute approximate surface area is 78.1 Å². The van der Waals surface area contributed by atoms with Gasteiger partial charge in [0.15, 0.2) is 5.78 Å². The number of carboxylic acid groups (broad SMARTS) is 1. The normalized spacial score (nSPS) is 13.8. The van der Waals surface area contributed by atoms with Gasteiger partial charge in [0.25, 0.3) is 0 Å². The molecule has 0 rings (SSSR count). The molecule has 1 atom stereocenters. The van der Waals surface area contributed by atoms with Gasteiger partial charge in [0.1, 0.15) is 0 Å². The van der Waals surface area contributed by atoms with Gasteiger partial charge in [0.2, 0.25) is 0 Å². The lowest BCUT2D eigenvalue weighted by atomic mass is 9.85. The van der Waals surface area contributed by atoms with Crippen LogP contribution in [0.1, 0.15) is 33.6 Å². The van der Waals surface area contributed by atoms with E-state index in [1.807, 2.05) is 0 Å². The summed E-state index contributed by atoms with van der Waals surface area (Å²) in [6.07, 6.45) is 0.161. The minimum absolute atomic E-state index is 0.0526. The fraction of sp³-hybridized carbons (Fsp3) is 0.778. The van der Waals surface area contributed by atoms with Crippen LogP contribution >= 0.6 is 0 Å². The number of carbonyl (C=O) groups excluding carboxylic acids is 1. The maximum atomic E-state index is 11.5. The first kappa shape index (κ1) is 12.1. The molecule has 76 valence electrons. The largest absolute Gasteiger partial charge is 0.481 e. The molecular weight excluding hydrogens is 170 g/mol. The number of carboxylic acids is 1. The number of hydrogen-bond acceptors (Lipinski definition) is 3. The molecule has 0 bridgehead atoms. The second kappa shape index (κ2) is 4.37. The van der Waals surface area contributed by atoms with Gasteiger partial charge < -0.3 is 10.8 Å². The van der Waals surface area contributed by atoms with Crippen molar-refractivity contribution in [2.75, 3.05) is 0 Å². The van der Waals surface area contributed by atoms with Crippen LogP contribution < -0.4 is 5.73 Å². The van der Waals surface area contributed by atoms with E-state index < -0.39 is 17.4 Å². The van der Waals surface area contributed by atoms with Gasteiger partial charge in [0, 0.05) is 11.8 Å². The first-order valence-corrected chi connectivity index (χ1v) is 4.27. The van der Waals surface area contributed by atoms with E-state index in [2.05, 4.69) is 0 Å². The van der Waals surface area contributed by atoms with Crippen LogP contribution in [0.15, 0.2) is 0 Å². The molecule has 0 amide bonds. The second-order valence-electron chi connectivity index (χ2n) is 4.15. The molecule has 4 nitrogen and oxygen atoms in total. The number of Topliss-reactive ketones (excluding diaryl/α,β-unsaturated/α-hetero) is 1. The van der Waals surface area contributed by atoms with Crippen LogP contribution in [0.5, 0.6) is 0 Å². The number of nitrogens with two attached hydrogens (primary N) is 1. The summed E-state index contributed by atoms with van der Waals surface area (Å²) >= 11 is 0. The highest BCUT2D eigenvalue weighted by molar-refractivity contribution is 5.88. The predicted molar refractivity (Wildman–Crippen MR) is 49.3 cm³/mol. The Bertz CT molecular complexity index is 205. The average molecular weight is 187 g/mol. The second-order valence-corrected chi connectivity index (χ2v) is 4.15. The maximum Gasteiger partial charge on any atom is 0.303 e. The Morgan fingerprint density at radius 3 is 2.15 bits per heavy atom. The van der Waals surface area contributed by atoms with Crippen LogP contribution in [0, 0.1) is 5.41 Å². The van der Waals surface area contributed by atoms with Crippen molar-refractivity contribution in [1.82, 2.24) is 0 Å². The minimum Gasteiger partial charge on any atom is -0.481 e. The Kier molecular flexibility index (Phi) is 4.07. The van der Waals surface area contributed by atoms with E-state index in [0.29, 0.717) is 0 Å². The van der Waals surface area contributed by atoms with Gasteiger partial charge in [-0.15, -0.1) is 0 Å². The summed E-state index contributed by atoms with van der Waals surface area (Å²) in [6, 6.07) is -0.656. The Balaban J connectivity index is 4.05. The highest BCUT2D eigenvalue weighted by Gasteiger charge is 2.26. The van der Waals surface area contributed by atoms with Gasteiger partial charge in [-0.25, -0.2) is 0 Å². The lowest BCUT2D eigenvalue weighted by molar-refractivity contribution is -0.137. The van der Waals surface area contributed by atoms with Crippen molar-refractivity contribution >= 4 is 11.8 Å². The Morgan fingerprint density at radius 2 is 1.85 bits per heavy atom. The SMILES string of the molecule is CC(C)(C)C(=O)C(N)CCC(=O)O. The van der Waals surface area contributed by atoms with E-state index in [9.17, 15) is 9.59 Å². The highest BCUT2D eigenvalue weighted by Crippen LogP contribution is 2.17. The molecule has 0 aliphatic rings. The highest BCUT2D eigenvalue weighted by atomic mass is 16.4. The lowest BCUT2D eigenvalue weighted by Gasteiger charge is -2.21. The standard InChI is InChI=1S/C9H17NO3/c1-9(2,3)8(13)6(10)4-5-7(11)12/h6H,4-5,10H2,1-3H3,(H,11,12). The van der Waals surface area contributed by atoms with Crippen molar-refractivity contribution in [2.24, 2.45) is 11.1 Å². The Morgan fingerprint density at radius 1 is 1.38 bits per heavy atom. The van der Waals surface area contributed by atoms with Crippen LogP contribution in [-0.4, -0.2) is 22.9 Å². The van der Waals surface area contributed by atoms with Gasteiger partial charge in [-0.1, -0.05) is 20.8 Å². The minimum atomic E-state index is -0.919. The quantitative estimate of drug-likeness (QED) is 0.682. The molecule has 0 spiro atoms. The molecule has 4 heteroatoms. The summed E-state index contributed by atoms with van der Waals surface area (Å²) in [5.74, 6) is -1.01. The molecule has 13 heavy (non-hydrogen) atoms. The van der Waals surface area contributed by atoms with E-state index >= 15 is 0 Å². The van der Waals surface area contributed by atoms with Crippen molar-refractivity contribution in [3.05, 3.63) is 0 Å². The molecule has 0 heterocycles. The Hall–Kier alpha value is -0.900. The summed E-state index contributed by atoms with van der Waals surface area (Å²) in [5, 5.41) is 8.38. The average Bonchev–Trinajstić information content (AvgIpc) is 1.96. The van der Waals surface area contributed by atoms with Gasteiger partial charge in [0.05, 0.1) is 6.04 Å².